The number of anilines is 1. The fraction of sp³-hybridized carbons (Fsp3) is 0.235. The molecule has 108 valence electrons. The number of hydrogen-bond donors (Lipinski definition) is 1. The molecule has 0 bridgehead atoms. The molecule has 3 aliphatic rings. The van der Waals surface area contributed by atoms with Crippen LogP contribution in [-0.2, 0) is 9.59 Å². The lowest BCUT2D eigenvalue weighted by atomic mass is 10.1. The highest BCUT2D eigenvalue weighted by Gasteiger charge is 2.40. The Morgan fingerprint density at radius 2 is 1.64 bits per heavy atom. The van der Waals surface area contributed by atoms with Crippen LogP contribution >= 0.6 is 0 Å². The highest BCUT2D eigenvalue weighted by molar-refractivity contribution is 6.10. The molecule has 1 aromatic carbocycles. The van der Waals surface area contributed by atoms with Gasteiger partial charge in [0, 0.05) is 29.9 Å². The van der Waals surface area contributed by atoms with Crippen LogP contribution in [0.1, 0.15) is 31.2 Å². The largest absolute Gasteiger partial charge is 0.359 e. The first-order valence-corrected chi connectivity index (χ1v) is 7.29. The molecule has 0 radical (unpaired) electrons. The third-order valence-electron chi connectivity index (χ3n) is 4.29. The topological polar surface area (TPSA) is 73.2 Å². The van der Waals surface area contributed by atoms with E-state index < -0.39 is 0 Å². The summed E-state index contributed by atoms with van der Waals surface area (Å²) in [4.78, 5) is 26.4. The number of rotatable bonds is 1. The van der Waals surface area contributed by atoms with E-state index in [2.05, 4.69) is 11.4 Å². The van der Waals surface area contributed by atoms with Crippen molar-refractivity contribution in [3.05, 3.63) is 52.6 Å². The van der Waals surface area contributed by atoms with Gasteiger partial charge < -0.3 is 10.2 Å². The second kappa shape index (κ2) is 4.57. The maximum absolute atomic E-state index is 12.3. The van der Waals surface area contributed by atoms with Crippen molar-refractivity contribution in [2.75, 3.05) is 4.90 Å². The Bertz CT molecular complexity index is 787. The van der Waals surface area contributed by atoms with Crippen molar-refractivity contribution in [2.45, 2.75) is 25.7 Å². The first kappa shape index (κ1) is 12.8. The second-order valence-corrected chi connectivity index (χ2v) is 5.62. The predicted octanol–water partition coefficient (Wildman–Crippen LogP) is 2.12. The van der Waals surface area contributed by atoms with E-state index in [0.29, 0.717) is 48.3 Å². The van der Waals surface area contributed by atoms with Gasteiger partial charge in [0.1, 0.15) is 11.4 Å². The summed E-state index contributed by atoms with van der Waals surface area (Å²) < 4.78 is 0. The van der Waals surface area contributed by atoms with Crippen molar-refractivity contribution in [3.8, 4) is 6.07 Å². The lowest BCUT2D eigenvalue weighted by molar-refractivity contribution is -0.115. The summed E-state index contributed by atoms with van der Waals surface area (Å²) >= 11 is 0. The highest BCUT2D eigenvalue weighted by Crippen LogP contribution is 2.40. The molecule has 2 aliphatic carbocycles. The first-order valence-electron chi connectivity index (χ1n) is 7.29. The second-order valence-electron chi connectivity index (χ2n) is 5.62. The van der Waals surface area contributed by atoms with E-state index in [1.54, 1.807) is 23.1 Å². The van der Waals surface area contributed by atoms with E-state index in [0.717, 1.165) is 11.4 Å². The molecule has 0 fully saturated rings. The highest BCUT2D eigenvalue weighted by atomic mass is 16.1. The van der Waals surface area contributed by atoms with Crippen LogP contribution in [0.5, 0.6) is 0 Å². The Morgan fingerprint density at radius 1 is 1.00 bits per heavy atom. The van der Waals surface area contributed by atoms with Crippen LogP contribution in [0.15, 0.2) is 47.1 Å². The van der Waals surface area contributed by atoms with Crippen LogP contribution in [0.25, 0.3) is 0 Å². The Balaban J connectivity index is 1.91. The normalized spacial score (nSPS) is 20.0. The quantitative estimate of drug-likeness (QED) is 0.858. The monoisotopic (exact) mass is 291 g/mol. The van der Waals surface area contributed by atoms with Gasteiger partial charge in [-0.1, -0.05) is 6.07 Å². The van der Waals surface area contributed by atoms with E-state index in [4.69, 9.17) is 5.26 Å². The van der Waals surface area contributed by atoms with Crippen molar-refractivity contribution in [1.29, 1.82) is 5.26 Å². The van der Waals surface area contributed by atoms with Gasteiger partial charge in [0.2, 0.25) is 0 Å². The third kappa shape index (κ3) is 1.70. The lowest BCUT2D eigenvalue weighted by Crippen LogP contribution is -2.35. The van der Waals surface area contributed by atoms with Crippen LogP contribution in [-0.4, -0.2) is 11.6 Å². The zero-order chi connectivity index (χ0) is 15.3. The molecule has 1 aliphatic heterocycles. The molecule has 0 spiro atoms. The smallest absolute Gasteiger partial charge is 0.181 e. The summed E-state index contributed by atoms with van der Waals surface area (Å²) in [5, 5.41) is 12.4. The number of carbonyl (C=O) groups excluding carboxylic acids is 2. The Labute approximate surface area is 127 Å². The minimum atomic E-state index is 0.0381. The summed E-state index contributed by atoms with van der Waals surface area (Å²) in [5.41, 5.74) is 4.11. The van der Waals surface area contributed by atoms with Crippen molar-refractivity contribution >= 4 is 17.3 Å². The van der Waals surface area contributed by atoms with Gasteiger partial charge in [-0.05, 0) is 31.0 Å². The minimum Gasteiger partial charge on any atom is -0.359 e. The minimum absolute atomic E-state index is 0.0381. The average molecular weight is 291 g/mol. The van der Waals surface area contributed by atoms with Gasteiger partial charge in [-0.3, -0.25) is 9.59 Å². The van der Waals surface area contributed by atoms with Gasteiger partial charge in [-0.2, -0.15) is 5.26 Å². The SMILES string of the molecule is N#Cc1cccc(N2C3=C(CCC3=O)NC3=C2C(=O)CC3)c1. The summed E-state index contributed by atoms with van der Waals surface area (Å²) in [5.74, 6) is 0.0761. The molecule has 4 rings (SSSR count). The average Bonchev–Trinajstić information content (AvgIpc) is 3.10. The number of ketones is 2. The summed E-state index contributed by atoms with van der Waals surface area (Å²) in [7, 11) is 0. The number of benzene rings is 1. The van der Waals surface area contributed by atoms with Crippen molar-refractivity contribution in [3.63, 3.8) is 0 Å². The van der Waals surface area contributed by atoms with Gasteiger partial charge in [0.15, 0.2) is 11.6 Å². The lowest BCUT2D eigenvalue weighted by Gasteiger charge is -2.32. The molecular weight excluding hydrogens is 278 g/mol. The summed E-state index contributed by atoms with van der Waals surface area (Å²) in [6, 6.07) is 9.14. The van der Waals surface area contributed by atoms with Crippen LogP contribution in [0.4, 0.5) is 5.69 Å². The molecule has 5 heteroatoms. The van der Waals surface area contributed by atoms with Crippen molar-refractivity contribution in [2.24, 2.45) is 0 Å². The molecule has 0 saturated heterocycles. The molecule has 0 amide bonds. The molecule has 1 N–H and O–H groups in total. The number of hydrogen-bond acceptors (Lipinski definition) is 5. The Morgan fingerprint density at radius 3 is 2.23 bits per heavy atom. The number of carbonyl (C=O) groups is 2. The molecule has 0 saturated carbocycles. The molecule has 0 aromatic heterocycles. The number of nitrogens with one attached hydrogen (secondary N) is 1. The summed E-state index contributed by atoms with van der Waals surface area (Å²) in [6.07, 6.45) is 2.27. The summed E-state index contributed by atoms with van der Waals surface area (Å²) in [6.45, 7) is 0. The van der Waals surface area contributed by atoms with Gasteiger partial charge in [-0.25, -0.2) is 0 Å². The van der Waals surface area contributed by atoms with E-state index in [-0.39, 0.29) is 11.6 Å². The molecule has 1 heterocycles. The van der Waals surface area contributed by atoms with E-state index in [9.17, 15) is 9.59 Å². The predicted molar refractivity (Wildman–Crippen MR) is 79.3 cm³/mol. The fourth-order valence-corrected chi connectivity index (χ4v) is 3.32. The zero-order valence-electron chi connectivity index (χ0n) is 11.8. The third-order valence-corrected chi connectivity index (χ3v) is 4.29. The van der Waals surface area contributed by atoms with Crippen LogP contribution in [0.2, 0.25) is 0 Å². The molecule has 5 nitrogen and oxygen atoms in total. The van der Waals surface area contributed by atoms with Crippen LogP contribution in [0, 0.1) is 11.3 Å². The van der Waals surface area contributed by atoms with Gasteiger partial charge in [-0.15, -0.1) is 0 Å². The standard InChI is InChI=1S/C17H13N3O2/c18-9-10-2-1-3-11(8-10)20-16-12(4-6-14(16)21)19-13-5-7-15(22)17(13)20/h1-3,8,19H,4-7H2. The van der Waals surface area contributed by atoms with Crippen molar-refractivity contribution in [1.82, 2.24) is 5.32 Å². The number of allylic oxidation sites excluding steroid dienone is 4. The van der Waals surface area contributed by atoms with Crippen molar-refractivity contribution < 1.29 is 9.59 Å². The molecule has 0 atom stereocenters. The van der Waals surface area contributed by atoms with Gasteiger partial charge in [0.25, 0.3) is 0 Å². The van der Waals surface area contributed by atoms with Gasteiger partial charge in [0.05, 0.1) is 11.6 Å². The molecular formula is C17H13N3O2. The van der Waals surface area contributed by atoms with Gasteiger partial charge >= 0.3 is 0 Å². The Hall–Kier alpha value is -2.87. The zero-order valence-corrected chi connectivity index (χ0v) is 11.8. The first-order chi connectivity index (χ1) is 10.7. The fourth-order valence-electron chi connectivity index (χ4n) is 3.32. The van der Waals surface area contributed by atoms with E-state index in [1.807, 2.05) is 6.07 Å². The molecule has 0 unspecified atom stereocenters. The number of nitrogens with zero attached hydrogens (tertiary/aromatic N) is 2. The van der Waals surface area contributed by atoms with Crippen LogP contribution in [0.3, 0.4) is 0 Å². The molecule has 1 aromatic rings. The Kier molecular flexibility index (Phi) is 2.67. The van der Waals surface area contributed by atoms with Crippen LogP contribution < -0.4 is 10.2 Å². The maximum atomic E-state index is 12.3. The van der Waals surface area contributed by atoms with E-state index >= 15 is 0 Å². The molecule has 22 heavy (non-hydrogen) atoms. The number of Topliss-reactive ketones (excluding diaryl/α,β-unsaturated/α-hetero) is 2. The number of nitriles is 1. The van der Waals surface area contributed by atoms with E-state index in [1.165, 1.54) is 0 Å². The maximum Gasteiger partial charge on any atom is 0.181 e.